The van der Waals surface area contributed by atoms with Gasteiger partial charge in [0.2, 0.25) is 16.9 Å². The molecule has 0 aliphatic rings. The molecule has 2 aromatic heterocycles. The fourth-order valence-electron chi connectivity index (χ4n) is 1.79. The van der Waals surface area contributed by atoms with E-state index in [9.17, 15) is 4.79 Å². The molecule has 1 aromatic carbocycles. The van der Waals surface area contributed by atoms with Crippen LogP contribution < -0.4 is 5.32 Å². The van der Waals surface area contributed by atoms with Gasteiger partial charge in [-0.3, -0.25) is 10.1 Å². The number of aromatic nitrogens is 4. The van der Waals surface area contributed by atoms with Crippen LogP contribution >= 0.6 is 23.1 Å². The molecular weight excluding hydrogens is 334 g/mol. The van der Waals surface area contributed by atoms with E-state index in [2.05, 4.69) is 25.7 Å². The van der Waals surface area contributed by atoms with Gasteiger partial charge in [0, 0.05) is 5.56 Å². The zero-order valence-electron chi connectivity index (χ0n) is 12.4. The van der Waals surface area contributed by atoms with E-state index in [0.29, 0.717) is 16.2 Å². The summed E-state index contributed by atoms with van der Waals surface area (Å²) in [7, 11) is 0. The monoisotopic (exact) mass is 347 g/mol. The van der Waals surface area contributed by atoms with Gasteiger partial charge >= 0.3 is 0 Å². The van der Waals surface area contributed by atoms with Gasteiger partial charge in [-0.25, -0.2) is 0 Å². The quantitative estimate of drug-likeness (QED) is 0.709. The van der Waals surface area contributed by atoms with Crippen molar-refractivity contribution in [2.75, 3.05) is 11.1 Å². The third-order valence-corrected chi connectivity index (χ3v) is 4.34. The van der Waals surface area contributed by atoms with Crippen LogP contribution in [0.15, 0.2) is 33.9 Å². The number of anilines is 1. The second-order valence-electron chi connectivity index (χ2n) is 4.71. The predicted molar refractivity (Wildman–Crippen MR) is 88.5 cm³/mol. The van der Waals surface area contributed by atoms with Crippen molar-refractivity contribution >= 4 is 34.1 Å². The number of rotatable bonds is 5. The van der Waals surface area contributed by atoms with Crippen LogP contribution in [-0.2, 0) is 4.79 Å². The summed E-state index contributed by atoms with van der Waals surface area (Å²) >= 11 is 2.50. The normalized spacial score (nSPS) is 10.7. The molecule has 7 nitrogen and oxygen atoms in total. The Morgan fingerprint density at radius 3 is 2.87 bits per heavy atom. The molecule has 0 fully saturated rings. The number of amides is 1. The van der Waals surface area contributed by atoms with Crippen molar-refractivity contribution in [3.05, 3.63) is 34.8 Å². The molecule has 3 aromatic rings. The molecule has 1 amide bonds. The van der Waals surface area contributed by atoms with Gasteiger partial charge in [-0.15, -0.1) is 20.4 Å². The lowest BCUT2D eigenvalue weighted by Gasteiger charge is -1.98. The van der Waals surface area contributed by atoms with Crippen LogP contribution in [0.4, 0.5) is 5.13 Å². The van der Waals surface area contributed by atoms with E-state index in [4.69, 9.17) is 4.42 Å². The lowest BCUT2D eigenvalue weighted by Crippen LogP contribution is -2.13. The van der Waals surface area contributed by atoms with Crippen molar-refractivity contribution in [3.8, 4) is 11.5 Å². The minimum Gasteiger partial charge on any atom is -0.411 e. The van der Waals surface area contributed by atoms with Gasteiger partial charge in [0.05, 0.1) is 5.75 Å². The average Bonchev–Trinajstić information content (AvgIpc) is 3.14. The minimum atomic E-state index is -0.193. The largest absolute Gasteiger partial charge is 0.411 e. The Kier molecular flexibility index (Phi) is 4.68. The first-order valence-electron chi connectivity index (χ1n) is 6.73. The standard InChI is InChI=1S/C14H13N5O2S2/c1-8-4-3-5-10(6-8)12-17-19-14(21-12)22-7-11(20)15-13-18-16-9(2)23-13/h3-6H,7H2,1-2H3,(H,15,18,20). The molecule has 0 radical (unpaired) electrons. The topological polar surface area (TPSA) is 93.8 Å². The molecule has 0 spiro atoms. The summed E-state index contributed by atoms with van der Waals surface area (Å²) in [6.07, 6.45) is 0. The number of benzene rings is 1. The van der Waals surface area contributed by atoms with Gasteiger partial charge in [0.25, 0.3) is 5.22 Å². The molecule has 0 unspecified atom stereocenters. The highest BCUT2D eigenvalue weighted by molar-refractivity contribution is 7.99. The first kappa shape index (κ1) is 15.6. The molecule has 9 heteroatoms. The molecule has 118 valence electrons. The summed E-state index contributed by atoms with van der Waals surface area (Å²) in [4.78, 5) is 11.8. The van der Waals surface area contributed by atoms with E-state index < -0.39 is 0 Å². The zero-order valence-corrected chi connectivity index (χ0v) is 14.1. The summed E-state index contributed by atoms with van der Waals surface area (Å²) < 4.78 is 5.56. The Bertz CT molecular complexity index is 830. The Morgan fingerprint density at radius 2 is 2.13 bits per heavy atom. The third kappa shape index (κ3) is 4.14. The molecule has 0 saturated carbocycles. The summed E-state index contributed by atoms with van der Waals surface area (Å²) in [5.41, 5.74) is 1.97. The Morgan fingerprint density at radius 1 is 1.26 bits per heavy atom. The van der Waals surface area contributed by atoms with Crippen LogP contribution in [0.25, 0.3) is 11.5 Å². The number of thioether (sulfide) groups is 1. The van der Waals surface area contributed by atoms with Crippen LogP contribution in [0.5, 0.6) is 0 Å². The first-order valence-corrected chi connectivity index (χ1v) is 8.53. The second kappa shape index (κ2) is 6.88. The van der Waals surface area contributed by atoms with E-state index in [1.807, 2.05) is 38.1 Å². The fourth-order valence-corrected chi connectivity index (χ4v) is 2.96. The van der Waals surface area contributed by atoms with Crippen LogP contribution in [-0.4, -0.2) is 32.1 Å². The SMILES string of the molecule is Cc1cccc(-c2nnc(SCC(=O)Nc3nnc(C)s3)o2)c1. The Hall–Kier alpha value is -2.26. The van der Waals surface area contributed by atoms with Crippen molar-refractivity contribution in [2.45, 2.75) is 19.1 Å². The van der Waals surface area contributed by atoms with Gasteiger partial charge in [-0.05, 0) is 26.0 Å². The average molecular weight is 347 g/mol. The Labute approximate surface area is 140 Å². The van der Waals surface area contributed by atoms with E-state index in [1.54, 1.807) is 0 Å². The lowest BCUT2D eigenvalue weighted by atomic mass is 10.1. The van der Waals surface area contributed by atoms with Crippen molar-refractivity contribution < 1.29 is 9.21 Å². The molecular formula is C14H13N5O2S2. The number of nitrogens with one attached hydrogen (secondary N) is 1. The number of hydrogen-bond acceptors (Lipinski definition) is 8. The van der Waals surface area contributed by atoms with Crippen LogP contribution in [0.3, 0.4) is 0 Å². The third-order valence-electron chi connectivity index (χ3n) is 2.77. The maximum absolute atomic E-state index is 11.8. The molecule has 23 heavy (non-hydrogen) atoms. The molecule has 0 saturated heterocycles. The van der Waals surface area contributed by atoms with E-state index >= 15 is 0 Å². The van der Waals surface area contributed by atoms with E-state index in [-0.39, 0.29) is 11.7 Å². The van der Waals surface area contributed by atoms with Gasteiger partial charge in [-0.2, -0.15) is 0 Å². The molecule has 0 atom stereocenters. The van der Waals surface area contributed by atoms with Crippen LogP contribution in [0, 0.1) is 13.8 Å². The van der Waals surface area contributed by atoms with Crippen molar-refractivity contribution in [3.63, 3.8) is 0 Å². The smallest absolute Gasteiger partial charge is 0.277 e. The minimum absolute atomic E-state index is 0.161. The first-order chi connectivity index (χ1) is 11.1. The summed E-state index contributed by atoms with van der Waals surface area (Å²) in [5, 5.41) is 19.9. The molecule has 0 aliphatic carbocycles. The predicted octanol–water partition coefficient (Wildman–Crippen LogP) is 2.94. The van der Waals surface area contributed by atoms with Crippen molar-refractivity contribution in [1.82, 2.24) is 20.4 Å². The van der Waals surface area contributed by atoms with Crippen LogP contribution in [0.2, 0.25) is 0 Å². The van der Waals surface area contributed by atoms with E-state index in [0.717, 1.165) is 16.1 Å². The number of carbonyl (C=O) groups is 1. The highest BCUT2D eigenvalue weighted by atomic mass is 32.2. The van der Waals surface area contributed by atoms with E-state index in [1.165, 1.54) is 23.1 Å². The van der Waals surface area contributed by atoms with Gasteiger partial charge in [0.15, 0.2) is 0 Å². The maximum atomic E-state index is 11.8. The highest BCUT2D eigenvalue weighted by Crippen LogP contribution is 2.24. The van der Waals surface area contributed by atoms with Gasteiger partial charge < -0.3 is 4.42 Å². The Balaban J connectivity index is 1.58. The molecule has 0 aliphatic heterocycles. The second-order valence-corrected chi connectivity index (χ2v) is 6.81. The maximum Gasteiger partial charge on any atom is 0.277 e. The summed E-state index contributed by atoms with van der Waals surface area (Å²) in [6.45, 7) is 3.82. The lowest BCUT2D eigenvalue weighted by molar-refractivity contribution is -0.113. The molecule has 1 N–H and O–H groups in total. The van der Waals surface area contributed by atoms with Gasteiger partial charge in [0.1, 0.15) is 5.01 Å². The van der Waals surface area contributed by atoms with Crippen LogP contribution in [0.1, 0.15) is 10.6 Å². The molecule has 2 heterocycles. The number of aryl methyl sites for hydroxylation is 2. The molecule has 0 bridgehead atoms. The fraction of sp³-hybridized carbons (Fsp3) is 0.214. The number of hydrogen-bond donors (Lipinski definition) is 1. The van der Waals surface area contributed by atoms with Crippen molar-refractivity contribution in [1.29, 1.82) is 0 Å². The summed E-state index contributed by atoms with van der Waals surface area (Å²) in [6, 6.07) is 7.79. The van der Waals surface area contributed by atoms with Crippen molar-refractivity contribution in [2.24, 2.45) is 0 Å². The molecule has 3 rings (SSSR count). The number of carbonyl (C=O) groups excluding carboxylic acids is 1. The zero-order chi connectivity index (χ0) is 16.2. The highest BCUT2D eigenvalue weighted by Gasteiger charge is 2.12. The summed E-state index contributed by atoms with van der Waals surface area (Å²) in [5.74, 6) is 0.409. The van der Waals surface area contributed by atoms with Gasteiger partial charge in [-0.1, -0.05) is 40.8 Å². The number of nitrogens with zero attached hydrogens (tertiary/aromatic N) is 4.